The second-order valence-corrected chi connectivity index (χ2v) is 7.40. The molecule has 0 bridgehead atoms. The molecule has 1 aliphatic carbocycles. The topological polar surface area (TPSA) is 52.9 Å². The molecular formula is C16H20N2O2S. The quantitative estimate of drug-likeness (QED) is 0.801. The molecule has 0 saturated carbocycles. The Morgan fingerprint density at radius 2 is 2.14 bits per heavy atom. The van der Waals surface area contributed by atoms with Crippen LogP contribution in [0.1, 0.15) is 54.7 Å². The minimum Gasteiger partial charge on any atom is -0.387 e. The van der Waals surface area contributed by atoms with E-state index in [9.17, 15) is 9.90 Å². The number of aliphatic hydroxyl groups is 1. The van der Waals surface area contributed by atoms with Crippen LogP contribution >= 0.6 is 11.3 Å². The number of hydrogen-bond acceptors (Lipinski definition) is 5. The zero-order valence-corrected chi connectivity index (χ0v) is 13.1. The molecule has 112 valence electrons. The average molecular weight is 304 g/mol. The summed E-state index contributed by atoms with van der Waals surface area (Å²) in [6, 6.07) is 0. The molecule has 2 unspecified atom stereocenters. The lowest BCUT2D eigenvalue weighted by molar-refractivity contribution is -0.126. The summed E-state index contributed by atoms with van der Waals surface area (Å²) >= 11 is 1.60. The van der Waals surface area contributed by atoms with E-state index in [0.29, 0.717) is 6.42 Å². The van der Waals surface area contributed by atoms with Gasteiger partial charge in [-0.1, -0.05) is 13.3 Å². The highest BCUT2D eigenvalue weighted by molar-refractivity contribution is 7.16. The molecule has 3 heterocycles. The van der Waals surface area contributed by atoms with Crippen LogP contribution in [0.4, 0.5) is 5.00 Å². The first kappa shape index (κ1) is 13.5. The van der Waals surface area contributed by atoms with Crippen LogP contribution in [0, 0.1) is 5.92 Å². The zero-order valence-electron chi connectivity index (χ0n) is 12.3. The Bertz CT molecular complexity index is 634. The van der Waals surface area contributed by atoms with Crippen molar-refractivity contribution in [3.05, 3.63) is 16.0 Å². The first-order valence-electron chi connectivity index (χ1n) is 7.83. The molecule has 1 fully saturated rings. The van der Waals surface area contributed by atoms with Crippen molar-refractivity contribution in [1.82, 2.24) is 4.90 Å². The minimum atomic E-state index is -0.642. The Balaban J connectivity index is 1.78. The number of Topliss-reactive ketones (excluding diaryl/α,β-unsaturated/α-hetero) is 1. The maximum atomic E-state index is 12.1. The van der Waals surface area contributed by atoms with E-state index in [1.807, 2.05) is 6.92 Å². The second-order valence-electron chi connectivity index (χ2n) is 6.37. The molecule has 4 nitrogen and oxygen atoms in total. The van der Waals surface area contributed by atoms with Crippen LogP contribution < -0.4 is 0 Å². The smallest absolute Gasteiger partial charge is 0.143 e. The summed E-state index contributed by atoms with van der Waals surface area (Å²) in [6.45, 7) is 3.76. The number of carbonyl (C=O) groups excluding carboxylic acids is 1. The van der Waals surface area contributed by atoms with Crippen molar-refractivity contribution in [1.29, 1.82) is 0 Å². The summed E-state index contributed by atoms with van der Waals surface area (Å²) in [5.74, 6) is 1.07. The lowest BCUT2D eigenvalue weighted by Crippen LogP contribution is -2.33. The van der Waals surface area contributed by atoms with E-state index in [4.69, 9.17) is 4.99 Å². The number of hydrogen-bond donors (Lipinski definition) is 1. The van der Waals surface area contributed by atoms with Gasteiger partial charge in [0.2, 0.25) is 0 Å². The second kappa shape index (κ2) is 4.92. The van der Waals surface area contributed by atoms with Gasteiger partial charge < -0.3 is 10.0 Å². The number of fused-ring (bicyclic) bond motifs is 4. The van der Waals surface area contributed by atoms with Crippen LogP contribution in [0.2, 0.25) is 0 Å². The Labute approximate surface area is 128 Å². The van der Waals surface area contributed by atoms with Gasteiger partial charge in [0.05, 0.1) is 6.10 Å². The molecule has 1 saturated heterocycles. The van der Waals surface area contributed by atoms with Crippen molar-refractivity contribution >= 4 is 28.0 Å². The van der Waals surface area contributed by atoms with E-state index >= 15 is 0 Å². The molecule has 0 spiro atoms. The highest BCUT2D eigenvalue weighted by Crippen LogP contribution is 2.47. The molecule has 3 aliphatic rings. The minimum absolute atomic E-state index is 0.154. The Morgan fingerprint density at radius 1 is 1.29 bits per heavy atom. The van der Waals surface area contributed by atoms with Crippen molar-refractivity contribution in [2.24, 2.45) is 10.9 Å². The summed E-state index contributed by atoms with van der Waals surface area (Å²) in [7, 11) is 0. The van der Waals surface area contributed by atoms with Gasteiger partial charge in [-0.05, 0) is 18.4 Å². The molecule has 2 aliphatic heterocycles. The number of aliphatic imine (C=N–C) groups is 1. The number of nitrogens with zero attached hydrogens (tertiary/aromatic N) is 2. The number of rotatable bonds is 0. The van der Waals surface area contributed by atoms with Gasteiger partial charge in [0.25, 0.3) is 0 Å². The fourth-order valence-corrected chi connectivity index (χ4v) is 4.90. The summed E-state index contributed by atoms with van der Waals surface area (Å²) in [5, 5.41) is 11.4. The van der Waals surface area contributed by atoms with Gasteiger partial charge in [-0.25, -0.2) is 4.99 Å². The van der Waals surface area contributed by atoms with Crippen molar-refractivity contribution < 1.29 is 9.90 Å². The van der Waals surface area contributed by atoms with Crippen molar-refractivity contribution in [3.8, 4) is 0 Å². The van der Waals surface area contributed by atoms with Gasteiger partial charge in [0.15, 0.2) is 0 Å². The SMILES string of the molecule is CC1C(=O)Cc2c(sc3c2CN2CCCCCC2=N3)C1O. The fourth-order valence-electron chi connectivity index (χ4n) is 3.58. The van der Waals surface area contributed by atoms with Crippen LogP contribution in [-0.4, -0.2) is 28.2 Å². The Morgan fingerprint density at radius 3 is 3.00 bits per heavy atom. The standard InChI is InChI=1S/C16H20N2O2S/c1-9-12(19)7-10-11-8-18-6-4-2-3-5-13(18)17-16(11)21-15(10)14(9)20/h9,14,20H,2-8H2,1H3. The van der Waals surface area contributed by atoms with Crippen molar-refractivity contribution in [2.45, 2.75) is 51.7 Å². The number of thiophene rings is 1. The highest BCUT2D eigenvalue weighted by Gasteiger charge is 2.37. The molecule has 1 aromatic heterocycles. The average Bonchev–Trinajstić information content (AvgIpc) is 2.67. The van der Waals surface area contributed by atoms with Crippen molar-refractivity contribution in [3.63, 3.8) is 0 Å². The summed E-state index contributed by atoms with van der Waals surface area (Å²) < 4.78 is 0. The zero-order chi connectivity index (χ0) is 14.6. The number of ketones is 1. The van der Waals surface area contributed by atoms with Gasteiger partial charge in [-0.15, -0.1) is 11.3 Å². The van der Waals surface area contributed by atoms with E-state index in [1.54, 1.807) is 11.3 Å². The van der Waals surface area contributed by atoms with Gasteiger partial charge in [0.1, 0.15) is 16.6 Å². The summed E-state index contributed by atoms with van der Waals surface area (Å²) in [4.78, 5) is 20.3. The van der Waals surface area contributed by atoms with E-state index in [2.05, 4.69) is 4.90 Å². The molecule has 5 heteroatoms. The Hall–Kier alpha value is -1.20. The highest BCUT2D eigenvalue weighted by atomic mass is 32.1. The lowest BCUT2D eigenvalue weighted by Gasteiger charge is -2.29. The molecule has 0 radical (unpaired) electrons. The normalized spacial score (nSPS) is 28.4. The Kier molecular flexibility index (Phi) is 3.15. The van der Waals surface area contributed by atoms with Crippen molar-refractivity contribution in [2.75, 3.05) is 6.54 Å². The van der Waals surface area contributed by atoms with Crippen LogP contribution in [0.3, 0.4) is 0 Å². The maximum Gasteiger partial charge on any atom is 0.143 e. The van der Waals surface area contributed by atoms with Crippen LogP contribution in [0.25, 0.3) is 0 Å². The van der Waals surface area contributed by atoms with Gasteiger partial charge >= 0.3 is 0 Å². The van der Waals surface area contributed by atoms with E-state index in [0.717, 1.165) is 35.0 Å². The summed E-state index contributed by atoms with van der Waals surface area (Å²) in [6.07, 6.45) is 4.60. The van der Waals surface area contributed by atoms with E-state index < -0.39 is 6.10 Å². The molecule has 4 rings (SSSR count). The van der Waals surface area contributed by atoms with E-state index in [1.165, 1.54) is 30.7 Å². The number of aliphatic hydroxyl groups excluding tert-OH is 1. The predicted molar refractivity (Wildman–Crippen MR) is 83.1 cm³/mol. The largest absolute Gasteiger partial charge is 0.387 e. The molecular weight excluding hydrogens is 284 g/mol. The number of amidine groups is 1. The lowest BCUT2D eigenvalue weighted by atomic mass is 9.85. The predicted octanol–water partition coefficient (Wildman–Crippen LogP) is 2.96. The third-order valence-corrected chi connectivity index (χ3v) is 6.24. The number of carbonyl (C=O) groups is 1. The summed E-state index contributed by atoms with van der Waals surface area (Å²) in [5.41, 5.74) is 2.26. The first-order chi connectivity index (χ1) is 10.1. The third-order valence-electron chi connectivity index (χ3n) is 5.00. The van der Waals surface area contributed by atoms with Crippen LogP contribution in [-0.2, 0) is 17.8 Å². The van der Waals surface area contributed by atoms with Gasteiger partial charge in [0, 0.05) is 42.3 Å². The third kappa shape index (κ3) is 2.06. The molecule has 1 N–H and O–H groups in total. The van der Waals surface area contributed by atoms with Gasteiger partial charge in [-0.3, -0.25) is 4.79 Å². The van der Waals surface area contributed by atoms with Crippen LogP contribution in [0.5, 0.6) is 0 Å². The fraction of sp³-hybridized carbons (Fsp3) is 0.625. The molecule has 21 heavy (non-hydrogen) atoms. The van der Waals surface area contributed by atoms with Crippen LogP contribution in [0.15, 0.2) is 4.99 Å². The first-order valence-corrected chi connectivity index (χ1v) is 8.64. The molecule has 2 atom stereocenters. The monoisotopic (exact) mass is 304 g/mol. The van der Waals surface area contributed by atoms with Gasteiger partial charge in [-0.2, -0.15) is 0 Å². The molecule has 1 aromatic rings. The van der Waals surface area contributed by atoms with E-state index in [-0.39, 0.29) is 11.7 Å². The molecule has 0 amide bonds. The maximum absolute atomic E-state index is 12.1. The molecule has 0 aromatic carbocycles.